The summed E-state index contributed by atoms with van der Waals surface area (Å²) in [5, 5.41) is 0. The second kappa shape index (κ2) is 2.15. The lowest BCUT2D eigenvalue weighted by atomic mass is 10.5. The van der Waals surface area contributed by atoms with Gasteiger partial charge in [-0.15, -0.1) is 0 Å². The standard InChI is InChI=1S/C3H7FN/c1-3(4)2-5/h2,5H2,1H3. The van der Waals surface area contributed by atoms with Crippen molar-refractivity contribution in [3.05, 3.63) is 6.17 Å². The Kier molecular flexibility index (Phi) is 2.10. The summed E-state index contributed by atoms with van der Waals surface area (Å²) < 4.78 is 11.2. The minimum absolute atomic E-state index is 0.0556. The van der Waals surface area contributed by atoms with Crippen LogP contribution >= 0.6 is 0 Å². The normalized spacial score (nSPS) is 9.60. The van der Waals surface area contributed by atoms with E-state index in [2.05, 4.69) is 0 Å². The molecule has 1 nitrogen and oxygen atoms in total. The molecule has 0 aromatic heterocycles. The molecule has 0 atom stereocenters. The molecular formula is C3H7FN. The predicted molar refractivity (Wildman–Crippen MR) is 19.1 cm³/mol. The molecule has 0 aromatic carbocycles. The van der Waals surface area contributed by atoms with Gasteiger partial charge in [0.1, 0.15) is 0 Å². The van der Waals surface area contributed by atoms with Crippen molar-refractivity contribution in [2.75, 3.05) is 6.54 Å². The van der Waals surface area contributed by atoms with Crippen LogP contribution in [0.1, 0.15) is 6.92 Å². The maximum atomic E-state index is 11.2. The summed E-state index contributed by atoms with van der Waals surface area (Å²) >= 11 is 0. The first-order valence-electron chi connectivity index (χ1n) is 1.45. The van der Waals surface area contributed by atoms with Crippen LogP contribution in [-0.4, -0.2) is 6.54 Å². The van der Waals surface area contributed by atoms with Crippen LogP contribution in [-0.2, 0) is 0 Å². The summed E-state index contributed by atoms with van der Waals surface area (Å²) in [5.41, 5.74) is 4.76. The van der Waals surface area contributed by atoms with Crippen LogP contribution in [0, 0.1) is 6.17 Å². The van der Waals surface area contributed by atoms with Gasteiger partial charge in [-0.3, -0.25) is 0 Å². The van der Waals surface area contributed by atoms with E-state index in [0.29, 0.717) is 0 Å². The first-order valence-corrected chi connectivity index (χ1v) is 1.45. The summed E-state index contributed by atoms with van der Waals surface area (Å²) in [6.45, 7) is 1.40. The van der Waals surface area contributed by atoms with E-state index in [4.69, 9.17) is 5.73 Å². The molecule has 0 aliphatic heterocycles. The van der Waals surface area contributed by atoms with Gasteiger partial charge in [0.25, 0.3) is 0 Å². The van der Waals surface area contributed by atoms with E-state index in [1.54, 1.807) is 0 Å². The van der Waals surface area contributed by atoms with Gasteiger partial charge < -0.3 is 5.73 Å². The average Bonchev–Trinajstić information content (AvgIpc) is 1.38. The van der Waals surface area contributed by atoms with Crippen LogP contribution in [0.25, 0.3) is 0 Å². The fraction of sp³-hybridized carbons (Fsp3) is 0.667. The maximum Gasteiger partial charge on any atom is 0.155 e. The topological polar surface area (TPSA) is 26.0 Å². The molecule has 0 unspecified atom stereocenters. The molecule has 2 N–H and O–H groups in total. The molecule has 2 heteroatoms. The van der Waals surface area contributed by atoms with Gasteiger partial charge >= 0.3 is 0 Å². The molecule has 0 rings (SSSR count). The summed E-state index contributed by atoms with van der Waals surface area (Å²) in [7, 11) is 0. The monoisotopic (exact) mass is 76.1 g/mol. The maximum absolute atomic E-state index is 11.2. The zero-order valence-electron chi connectivity index (χ0n) is 3.16. The van der Waals surface area contributed by atoms with Crippen molar-refractivity contribution in [1.29, 1.82) is 0 Å². The summed E-state index contributed by atoms with van der Waals surface area (Å²) in [6, 6.07) is 0. The van der Waals surface area contributed by atoms with E-state index in [-0.39, 0.29) is 12.7 Å². The Hall–Kier alpha value is -0.110. The third-order valence-electron chi connectivity index (χ3n) is 0.281. The van der Waals surface area contributed by atoms with Gasteiger partial charge in [-0.2, -0.15) is 0 Å². The van der Waals surface area contributed by atoms with Gasteiger partial charge in [-0.1, -0.05) is 0 Å². The Morgan fingerprint density at radius 1 is 2.00 bits per heavy atom. The van der Waals surface area contributed by atoms with Crippen LogP contribution in [0.3, 0.4) is 0 Å². The average molecular weight is 76.1 g/mol. The van der Waals surface area contributed by atoms with Crippen LogP contribution in [0.4, 0.5) is 4.39 Å². The molecule has 0 aromatic rings. The molecule has 0 saturated heterocycles. The Balaban J connectivity index is 2.54. The minimum atomic E-state index is -0.218. The van der Waals surface area contributed by atoms with E-state index in [1.165, 1.54) is 6.92 Å². The first kappa shape index (κ1) is 4.89. The Bertz CT molecular complexity index is 20.9. The highest BCUT2D eigenvalue weighted by atomic mass is 19.1. The quantitative estimate of drug-likeness (QED) is 0.482. The SMILES string of the molecule is C[C](F)CN. The van der Waals surface area contributed by atoms with Crippen molar-refractivity contribution in [2.24, 2.45) is 5.73 Å². The smallest absolute Gasteiger partial charge is 0.155 e. The molecular weight excluding hydrogens is 69.0 g/mol. The van der Waals surface area contributed by atoms with E-state index < -0.39 is 0 Å². The second-order valence-corrected chi connectivity index (χ2v) is 0.880. The molecule has 0 aliphatic rings. The van der Waals surface area contributed by atoms with Crippen molar-refractivity contribution < 1.29 is 4.39 Å². The van der Waals surface area contributed by atoms with Crippen molar-refractivity contribution >= 4 is 0 Å². The summed E-state index contributed by atoms with van der Waals surface area (Å²) in [4.78, 5) is 0. The Morgan fingerprint density at radius 3 is 2.20 bits per heavy atom. The van der Waals surface area contributed by atoms with Gasteiger partial charge in [-0.05, 0) is 6.92 Å². The van der Waals surface area contributed by atoms with Crippen LogP contribution in [0.5, 0.6) is 0 Å². The van der Waals surface area contributed by atoms with Crippen molar-refractivity contribution in [3.63, 3.8) is 0 Å². The van der Waals surface area contributed by atoms with Gasteiger partial charge in [0, 0.05) is 6.54 Å². The number of nitrogens with two attached hydrogens (primary N) is 1. The number of hydrogen-bond donors (Lipinski definition) is 1. The van der Waals surface area contributed by atoms with Gasteiger partial charge in [0.2, 0.25) is 0 Å². The van der Waals surface area contributed by atoms with E-state index in [0.717, 1.165) is 0 Å². The van der Waals surface area contributed by atoms with E-state index >= 15 is 0 Å². The molecule has 0 saturated carbocycles. The van der Waals surface area contributed by atoms with Crippen LogP contribution in [0.15, 0.2) is 0 Å². The second-order valence-electron chi connectivity index (χ2n) is 0.880. The molecule has 0 bridgehead atoms. The van der Waals surface area contributed by atoms with Crippen molar-refractivity contribution in [3.8, 4) is 0 Å². The molecule has 1 radical (unpaired) electrons. The van der Waals surface area contributed by atoms with Gasteiger partial charge in [0.05, 0.1) is 0 Å². The lowest BCUT2D eigenvalue weighted by Crippen LogP contribution is -2.02. The molecule has 0 amide bonds. The van der Waals surface area contributed by atoms with E-state index in [9.17, 15) is 4.39 Å². The number of halogens is 1. The molecule has 31 valence electrons. The van der Waals surface area contributed by atoms with Crippen LogP contribution < -0.4 is 5.73 Å². The summed E-state index contributed by atoms with van der Waals surface area (Å²) in [6.07, 6.45) is -0.218. The molecule has 0 spiro atoms. The van der Waals surface area contributed by atoms with Crippen molar-refractivity contribution in [2.45, 2.75) is 6.92 Å². The molecule has 0 fully saturated rings. The molecule has 5 heavy (non-hydrogen) atoms. The van der Waals surface area contributed by atoms with E-state index in [1.807, 2.05) is 0 Å². The number of rotatable bonds is 1. The highest BCUT2D eigenvalue weighted by Gasteiger charge is 1.88. The summed E-state index contributed by atoms with van der Waals surface area (Å²) in [5.74, 6) is 0. The predicted octanol–water partition coefficient (Wildman–Crippen LogP) is 0.466. The fourth-order valence-electron chi connectivity index (χ4n) is 0. The number of hydrogen-bond acceptors (Lipinski definition) is 1. The fourth-order valence-corrected chi connectivity index (χ4v) is 0. The highest BCUT2D eigenvalue weighted by molar-refractivity contribution is 4.66. The zero-order chi connectivity index (χ0) is 4.28. The van der Waals surface area contributed by atoms with Crippen LogP contribution in [0.2, 0.25) is 0 Å². The molecule has 0 aliphatic carbocycles. The zero-order valence-corrected chi connectivity index (χ0v) is 3.16. The van der Waals surface area contributed by atoms with Gasteiger partial charge in [0.15, 0.2) is 6.17 Å². The van der Waals surface area contributed by atoms with Gasteiger partial charge in [-0.25, -0.2) is 4.39 Å². The largest absolute Gasteiger partial charge is 0.327 e. The highest BCUT2D eigenvalue weighted by Crippen LogP contribution is 1.90. The third-order valence-corrected chi connectivity index (χ3v) is 0.281. The first-order chi connectivity index (χ1) is 2.27. The minimum Gasteiger partial charge on any atom is -0.327 e. The molecule has 0 heterocycles. The lowest BCUT2D eigenvalue weighted by molar-refractivity contribution is 0.502. The lowest BCUT2D eigenvalue weighted by Gasteiger charge is -1.84. The third kappa shape index (κ3) is 3.89. The van der Waals surface area contributed by atoms with Crippen molar-refractivity contribution in [1.82, 2.24) is 0 Å². The Morgan fingerprint density at radius 2 is 2.20 bits per heavy atom. The Labute approximate surface area is 31.0 Å².